The second-order valence-corrected chi connectivity index (χ2v) is 6.36. The third kappa shape index (κ3) is 4.32. The molecule has 2 aromatic rings. The Labute approximate surface area is 145 Å². The molecule has 2 rings (SSSR count). The zero-order valence-corrected chi connectivity index (χ0v) is 14.7. The first kappa shape index (κ1) is 17.9. The van der Waals surface area contributed by atoms with Crippen molar-refractivity contribution in [3.8, 4) is 0 Å². The zero-order chi connectivity index (χ0) is 17.0. The van der Waals surface area contributed by atoms with Crippen LogP contribution in [-0.4, -0.2) is 38.2 Å². The summed E-state index contributed by atoms with van der Waals surface area (Å²) in [7, 11) is 0. The molecule has 124 valence electrons. The quantitative estimate of drug-likeness (QED) is 0.856. The molecule has 0 saturated heterocycles. The second kappa shape index (κ2) is 7.45. The Kier molecular flexibility index (Phi) is 5.81. The fraction of sp³-hybridized carbons (Fsp3) is 0.375. The van der Waals surface area contributed by atoms with Gasteiger partial charge in [-0.3, -0.25) is 0 Å². The van der Waals surface area contributed by atoms with Crippen molar-refractivity contribution in [3.05, 3.63) is 46.5 Å². The topological polar surface area (TPSA) is 60.2 Å². The third-order valence-electron chi connectivity index (χ3n) is 3.40. The molecule has 7 heteroatoms. The molecular formula is C16H19Cl2N3O2. The summed E-state index contributed by atoms with van der Waals surface area (Å²) >= 11 is 12.2. The highest BCUT2D eigenvalue weighted by Crippen LogP contribution is 2.29. The molecule has 0 bridgehead atoms. The van der Waals surface area contributed by atoms with Crippen molar-refractivity contribution in [1.82, 2.24) is 14.8 Å². The lowest BCUT2D eigenvalue weighted by atomic mass is 9.97. The Morgan fingerprint density at radius 3 is 2.74 bits per heavy atom. The van der Waals surface area contributed by atoms with Crippen molar-refractivity contribution in [2.75, 3.05) is 6.61 Å². The van der Waals surface area contributed by atoms with Crippen LogP contribution in [0, 0.1) is 0 Å². The van der Waals surface area contributed by atoms with E-state index in [1.807, 2.05) is 20.8 Å². The van der Waals surface area contributed by atoms with Gasteiger partial charge in [-0.25, -0.2) is 9.67 Å². The zero-order valence-electron chi connectivity index (χ0n) is 13.2. The fourth-order valence-corrected chi connectivity index (χ4v) is 2.66. The van der Waals surface area contributed by atoms with Gasteiger partial charge in [-0.2, -0.15) is 5.10 Å². The largest absolute Gasteiger partial charge is 0.384 e. The van der Waals surface area contributed by atoms with E-state index in [4.69, 9.17) is 27.9 Å². The molecule has 1 unspecified atom stereocenters. The molecule has 1 N–H and O–H groups in total. The Morgan fingerprint density at radius 1 is 1.43 bits per heavy atom. The molecule has 0 spiro atoms. The number of hydrogen-bond acceptors (Lipinski definition) is 4. The number of nitrogens with zero attached hydrogens (tertiary/aromatic N) is 3. The molecule has 5 nitrogen and oxygen atoms in total. The minimum absolute atomic E-state index is 0.483. The van der Waals surface area contributed by atoms with Crippen LogP contribution in [0.3, 0.4) is 0 Å². The summed E-state index contributed by atoms with van der Waals surface area (Å²) in [4.78, 5) is 3.94. The van der Waals surface area contributed by atoms with Gasteiger partial charge in [0.05, 0.1) is 11.3 Å². The molecule has 1 aromatic carbocycles. The van der Waals surface area contributed by atoms with Crippen LogP contribution in [0.1, 0.15) is 26.3 Å². The van der Waals surface area contributed by atoms with Crippen molar-refractivity contribution >= 4 is 35.0 Å². The van der Waals surface area contributed by atoms with E-state index < -0.39 is 11.7 Å². The van der Waals surface area contributed by atoms with Crippen LogP contribution in [0.25, 0.3) is 11.8 Å². The van der Waals surface area contributed by atoms with Crippen LogP contribution in [0.5, 0.6) is 0 Å². The van der Waals surface area contributed by atoms with Crippen molar-refractivity contribution in [2.45, 2.75) is 32.5 Å². The summed E-state index contributed by atoms with van der Waals surface area (Å²) in [5, 5.41) is 15.9. The molecule has 1 aromatic heterocycles. The first-order valence-electron chi connectivity index (χ1n) is 7.19. The Hall–Kier alpha value is -1.40. The lowest BCUT2D eigenvalue weighted by Gasteiger charge is -2.31. The molecule has 0 aliphatic heterocycles. The number of aliphatic hydroxyl groups excluding tert-OH is 1. The smallest absolute Gasteiger partial charge is 0.138 e. The van der Waals surface area contributed by atoms with Crippen molar-refractivity contribution in [2.24, 2.45) is 0 Å². The third-order valence-corrected chi connectivity index (χ3v) is 3.97. The molecule has 0 amide bonds. The minimum Gasteiger partial charge on any atom is -0.384 e. The van der Waals surface area contributed by atoms with Crippen molar-refractivity contribution in [1.29, 1.82) is 0 Å². The maximum atomic E-state index is 10.8. The van der Waals surface area contributed by atoms with Gasteiger partial charge in [-0.15, -0.1) is 0 Å². The summed E-state index contributed by atoms with van der Waals surface area (Å²) in [5.41, 5.74) is 0.420. The summed E-state index contributed by atoms with van der Waals surface area (Å²) in [6.07, 6.45) is 3.73. The van der Waals surface area contributed by atoms with Crippen LogP contribution in [0.4, 0.5) is 0 Å². The van der Waals surface area contributed by atoms with Crippen LogP contribution in [0.15, 0.2) is 30.9 Å². The van der Waals surface area contributed by atoms with Gasteiger partial charge in [0.1, 0.15) is 18.8 Å². The summed E-state index contributed by atoms with van der Waals surface area (Å²) in [5.74, 6) is 0. The first-order valence-corrected chi connectivity index (χ1v) is 7.94. The van der Waals surface area contributed by atoms with Crippen LogP contribution in [-0.2, 0) is 4.74 Å². The number of halogens is 2. The molecule has 0 radical (unpaired) electrons. The van der Waals surface area contributed by atoms with E-state index in [0.29, 0.717) is 27.9 Å². The monoisotopic (exact) mass is 355 g/mol. The first-order chi connectivity index (χ1) is 10.8. The van der Waals surface area contributed by atoms with Crippen LogP contribution >= 0.6 is 23.2 Å². The highest BCUT2D eigenvalue weighted by molar-refractivity contribution is 6.35. The predicted molar refractivity (Wildman–Crippen MR) is 92.4 cm³/mol. The normalized spacial score (nSPS) is 14.1. The van der Waals surface area contributed by atoms with Crippen LogP contribution in [0.2, 0.25) is 10.0 Å². The van der Waals surface area contributed by atoms with E-state index in [1.54, 1.807) is 24.3 Å². The van der Waals surface area contributed by atoms with Crippen molar-refractivity contribution < 1.29 is 9.84 Å². The van der Waals surface area contributed by atoms with E-state index in [0.717, 1.165) is 0 Å². The average molecular weight is 356 g/mol. The van der Waals surface area contributed by atoms with Gasteiger partial charge in [0, 0.05) is 16.7 Å². The molecule has 0 aliphatic carbocycles. The van der Waals surface area contributed by atoms with E-state index in [9.17, 15) is 5.11 Å². The number of aromatic nitrogens is 3. The number of aliphatic hydroxyl groups is 1. The fourth-order valence-electron chi connectivity index (χ4n) is 2.20. The maximum absolute atomic E-state index is 10.8. The van der Waals surface area contributed by atoms with Gasteiger partial charge >= 0.3 is 0 Å². The molecule has 1 atom stereocenters. The van der Waals surface area contributed by atoms with E-state index >= 15 is 0 Å². The van der Waals surface area contributed by atoms with Gasteiger partial charge in [0.2, 0.25) is 0 Å². The average Bonchev–Trinajstić information content (AvgIpc) is 3.00. The Morgan fingerprint density at radius 2 is 2.17 bits per heavy atom. The summed E-state index contributed by atoms with van der Waals surface area (Å²) in [6.45, 7) is 5.99. The Bertz CT molecular complexity index is 685. The molecule has 0 saturated carbocycles. The number of hydrogen-bond donors (Lipinski definition) is 1. The second-order valence-electron chi connectivity index (χ2n) is 5.51. The highest BCUT2D eigenvalue weighted by atomic mass is 35.5. The van der Waals surface area contributed by atoms with Gasteiger partial charge in [0.15, 0.2) is 0 Å². The van der Waals surface area contributed by atoms with Gasteiger partial charge in [0.25, 0.3) is 0 Å². The van der Waals surface area contributed by atoms with Crippen LogP contribution < -0.4 is 0 Å². The maximum Gasteiger partial charge on any atom is 0.138 e. The molecule has 23 heavy (non-hydrogen) atoms. The van der Waals surface area contributed by atoms with Gasteiger partial charge < -0.3 is 9.84 Å². The Balaban J connectivity index is 2.49. The summed E-state index contributed by atoms with van der Waals surface area (Å²) < 4.78 is 7.15. The number of ether oxygens (including phenoxy) is 1. The SMILES string of the molecule is CCOC(C)(C)C(O)C(=Cc1ccc(Cl)cc1Cl)n1cncn1. The van der Waals surface area contributed by atoms with E-state index in [-0.39, 0.29) is 0 Å². The van der Waals surface area contributed by atoms with Crippen molar-refractivity contribution in [3.63, 3.8) is 0 Å². The lowest BCUT2D eigenvalue weighted by molar-refractivity contribution is -0.0753. The standard InChI is InChI=1S/C16H19Cl2N3O2/c1-4-23-16(2,3)15(22)14(21-10-19-9-20-21)7-11-5-6-12(17)8-13(11)18/h5-10,15,22H,4H2,1-3H3. The van der Waals surface area contributed by atoms with Gasteiger partial charge in [-0.05, 0) is 44.5 Å². The number of rotatable bonds is 6. The molecule has 1 heterocycles. The highest BCUT2D eigenvalue weighted by Gasteiger charge is 2.32. The minimum atomic E-state index is -0.934. The molecule has 0 aliphatic rings. The summed E-state index contributed by atoms with van der Waals surface area (Å²) in [6, 6.07) is 5.16. The number of benzene rings is 1. The predicted octanol–water partition coefficient (Wildman–Crippen LogP) is 3.76. The lowest BCUT2D eigenvalue weighted by Crippen LogP contribution is -2.41. The van der Waals surface area contributed by atoms with Gasteiger partial charge in [-0.1, -0.05) is 29.3 Å². The van der Waals surface area contributed by atoms with E-state index in [1.165, 1.54) is 17.3 Å². The van der Waals surface area contributed by atoms with E-state index in [2.05, 4.69) is 10.1 Å². The molecule has 0 fully saturated rings. The molecular weight excluding hydrogens is 337 g/mol.